The van der Waals surface area contributed by atoms with Gasteiger partial charge in [0.05, 0.1) is 17.3 Å². The van der Waals surface area contributed by atoms with Crippen LogP contribution >= 0.6 is 0 Å². The third kappa shape index (κ3) is 51.0. The molecule has 0 atom stereocenters. The summed E-state index contributed by atoms with van der Waals surface area (Å²) in [6, 6.07) is 0. The van der Waals surface area contributed by atoms with Crippen LogP contribution in [0.1, 0.15) is 41.5 Å². The van der Waals surface area contributed by atoms with E-state index in [1.54, 1.807) is 0 Å². The van der Waals surface area contributed by atoms with Crippen LogP contribution in [0, 0.1) is 38.6 Å². The van der Waals surface area contributed by atoms with Gasteiger partial charge in [-0.25, -0.2) is 0 Å². The Hall–Kier alpha value is -1.08. The number of ketones is 3. The summed E-state index contributed by atoms with van der Waals surface area (Å²) in [4.78, 5) is 30.1. The van der Waals surface area contributed by atoms with Crippen LogP contribution in [-0.4, -0.2) is 32.7 Å². The molecule has 0 aromatic heterocycles. The number of aliphatic hydroxyl groups excluding tert-OH is 3. The molecular weight excluding hydrogens is 435 g/mol. The number of carbonyl (C=O) groups excluding carboxylic acids is 3. The summed E-state index contributed by atoms with van der Waals surface area (Å²) in [6.45, 7) is 8.54. The first kappa shape index (κ1) is 29.0. The SMILES string of the molecule is CC(=O)C=C(C)O.CC(=O)C=C(C)O.CC(=O)C=C(C)O.[Tb]. The van der Waals surface area contributed by atoms with Gasteiger partial charge in [-0.15, -0.1) is 0 Å². The van der Waals surface area contributed by atoms with Crippen LogP contribution in [0.2, 0.25) is 0 Å². The molecule has 0 bridgehead atoms. The molecule has 0 spiro atoms. The van der Waals surface area contributed by atoms with Gasteiger partial charge in [0.1, 0.15) is 0 Å². The summed E-state index contributed by atoms with van der Waals surface area (Å²) < 4.78 is 0. The number of hydrogen-bond donors (Lipinski definition) is 3. The molecule has 0 saturated heterocycles. The first-order valence-corrected chi connectivity index (χ1v) is 6.02. The molecule has 0 aliphatic carbocycles. The van der Waals surface area contributed by atoms with Gasteiger partial charge in [0.25, 0.3) is 0 Å². The molecule has 0 fully saturated rings. The number of aliphatic hydroxyl groups is 3. The fourth-order valence-corrected chi connectivity index (χ4v) is 0.882. The van der Waals surface area contributed by atoms with Crippen LogP contribution in [-0.2, 0) is 14.4 Å². The predicted molar refractivity (Wildman–Crippen MR) is 81.2 cm³/mol. The Balaban J connectivity index is -0.000000108. The third-order valence-electron chi connectivity index (χ3n) is 1.24. The van der Waals surface area contributed by atoms with Crippen molar-refractivity contribution in [2.24, 2.45) is 0 Å². The molecule has 6 nitrogen and oxygen atoms in total. The standard InChI is InChI=1S/3C5H8O2.Tb/c3*1-4(6)3-5(2)7;/h3*3,6H,1-2H3;. The molecule has 1 radical (unpaired) electrons. The Morgan fingerprint density at radius 3 is 0.682 bits per heavy atom. The molecule has 0 aromatic carbocycles. The zero-order valence-corrected chi connectivity index (χ0v) is 15.8. The van der Waals surface area contributed by atoms with E-state index in [1.807, 2.05) is 0 Å². The van der Waals surface area contributed by atoms with E-state index >= 15 is 0 Å². The van der Waals surface area contributed by atoms with Crippen molar-refractivity contribution in [3.63, 3.8) is 0 Å². The second kappa shape index (κ2) is 18.0. The van der Waals surface area contributed by atoms with Gasteiger partial charge in [0, 0.05) is 56.8 Å². The quantitative estimate of drug-likeness (QED) is 0.442. The fraction of sp³-hybridized carbons (Fsp3) is 0.400. The van der Waals surface area contributed by atoms with Gasteiger partial charge in [0.15, 0.2) is 17.3 Å². The number of carbonyl (C=O) groups is 3. The molecule has 0 amide bonds. The fourth-order valence-electron chi connectivity index (χ4n) is 0.882. The minimum Gasteiger partial charge on any atom is -0.512 e. The molecule has 0 aromatic rings. The smallest absolute Gasteiger partial charge is 0.155 e. The number of allylic oxidation sites excluding steroid dienone is 6. The number of hydrogen-bond acceptors (Lipinski definition) is 6. The van der Waals surface area contributed by atoms with Gasteiger partial charge in [-0.05, 0) is 41.5 Å². The van der Waals surface area contributed by atoms with Gasteiger partial charge < -0.3 is 15.3 Å². The van der Waals surface area contributed by atoms with E-state index in [0.29, 0.717) is 0 Å². The van der Waals surface area contributed by atoms with Crippen molar-refractivity contribution in [1.82, 2.24) is 0 Å². The Labute approximate surface area is 162 Å². The monoisotopic (exact) mass is 459 g/mol. The van der Waals surface area contributed by atoms with Crippen LogP contribution in [0.3, 0.4) is 0 Å². The molecule has 3 N–H and O–H groups in total. The van der Waals surface area contributed by atoms with Crippen LogP contribution in [0.15, 0.2) is 35.5 Å². The Bertz CT molecular complexity index is 368. The second-order valence-electron chi connectivity index (χ2n) is 4.19. The molecule has 0 rings (SSSR count). The van der Waals surface area contributed by atoms with Crippen LogP contribution in [0.25, 0.3) is 0 Å². The maximum Gasteiger partial charge on any atom is 0.155 e. The van der Waals surface area contributed by atoms with Crippen molar-refractivity contribution in [3.8, 4) is 0 Å². The van der Waals surface area contributed by atoms with Gasteiger partial charge in [-0.1, -0.05) is 0 Å². The largest absolute Gasteiger partial charge is 0.512 e. The topological polar surface area (TPSA) is 112 Å². The van der Waals surface area contributed by atoms with Crippen molar-refractivity contribution in [3.05, 3.63) is 35.5 Å². The minimum absolute atomic E-state index is 0. The second-order valence-corrected chi connectivity index (χ2v) is 4.19. The predicted octanol–water partition coefficient (Wildman–Crippen LogP) is 3.11. The summed E-state index contributed by atoms with van der Waals surface area (Å²) in [5.41, 5.74) is 0. The zero-order chi connectivity index (χ0) is 17.6. The van der Waals surface area contributed by atoms with E-state index in [9.17, 15) is 14.4 Å². The molecular formula is C15H24O6Tb. The summed E-state index contributed by atoms with van der Waals surface area (Å²) in [7, 11) is 0. The molecule has 7 heteroatoms. The van der Waals surface area contributed by atoms with E-state index in [2.05, 4.69) is 0 Å². The molecule has 0 heterocycles. The average Bonchev–Trinajstić information content (AvgIpc) is 2.10. The number of rotatable bonds is 3. The van der Waals surface area contributed by atoms with E-state index in [-0.39, 0.29) is 73.2 Å². The first-order chi connectivity index (χ1) is 9.38. The molecule has 0 unspecified atom stereocenters. The third-order valence-corrected chi connectivity index (χ3v) is 1.24. The maximum atomic E-state index is 10.0. The summed E-state index contributed by atoms with van der Waals surface area (Å²) >= 11 is 0. The van der Waals surface area contributed by atoms with Crippen molar-refractivity contribution < 1.29 is 68.3 Å². The van der Waals surface area contributed by atoms with E-state index < -0.39 is 0 Å². The normalized spacial score (nSPS) is 10.9. The van der Waals surface area contributed by atoms with Gasteiger partial charge in [-0.2, -0.15) is 0 Å². The van der Waals surface area contributed by atoms with Crippen LogP contribution in [0.5, 0.6) is 0 Å². The van der Waals surface area contributed by atoms with Crippen LogP contribution < -0.4 is 0 Å². The van der Waals surface area contributed by atoms with Crippen molar-refractivity contribution in [2.45, 2.75) is 41.5 Å². The van der Waals surface area contributed by atoms with E-state index in [1.165, 1.54) is 59.8 Å². The Morgan fingerprint density at radius 2 is 0.682 bits per heavy atom. The first-order valence-electron chi connectivity index (χ1n) is 6.02. The molecule has 22 heavy (non-hydrogen) atoms. The Kier molecular flexibility index (Phi) is 23.7. The summed E-state index contributed by atoms with van der Waals surface area (Å²) in [5, 5.41) is 25.1. The average molecular weight is 459 g/mol. The Morgan fingerprint density at radius 1 is 0.545 bits per heavy atom. The minimum atomic E-state index is -0.125. The van der Waals surface area contributed by atoms with Gasteiger partial charge in [0.2, 0.25) is 0 Å². The molecule has 0 saturated carbocycles. The summed E-state index contributed by atoms with van der Waals surface area (Å²) in [6.07, 6.45) is 3.50. The van der Waals surface area contributed by atoms with Gasteiger partial charge >= 0.3 is 0 Å². The summed E-state index contributed by atoms with van der Waals surface area (Å²) in [5.74, 6) is -0.187. The van der Waals surface area contributed by atoms with Crippen LogP contribution in [0.4, 0.5) is 0 Å². The van der Waals surface area contributed by atoms with Gasteiger partial charge in [-0.3, -0.25) is 14.4 Å². The van der Waals surface area contributed by atoms with E-state index in [0.717, 1.165) is 0 Å². The zero-order valence-electron chi connectivity index (χ0n) is 13.6. The van der Waals surface area contributed by atoms with Crippen molar-refractivity contribution >= 4 is 17.3 Å². The maximum absolute atomic E-state index is 10.0. The molecule has 0 aliphatic rings. The van der Waals surface area contributed by atoms with Crippen molar-refractivity contribution in [1.29, 1.82) is 0 Å². The van der Waals surface area contributed by atoms with E-state index in [4.69, 9.17) is 15.3 Å². The molecule has 129 valence electrons. The molecule has 0 aliphatic heterocycles. The van der Waals surface area contributed by atoms with Crippen molar-refractivity contribution in [2.75, 3.05) is 0 Å².